The van der Waals surface area contributed by atoms with Crippen LogP contribution in [-0.2, 0) is 9.47 Å². The smallest absolute Gasteiger partial charge is 0.0855 e. The van der Waals surface area contributed by atoms with E-state index in [0.717, 1.165) is 6.42 Å². The van der Waals surface area contributed by atoms with Gasteiger partial charge in [0.05, 0.1) is 31.0 Å². The average Bonchev–Trinajstić information content (AvgIpc) is 2.34. The third-order valence-electron chi connectivity index (χ3n) is 3.58. The van der Waals surface area contributed by atoms with Crippen molar-refractivity contribution < 1.29 is 19.7 Å². The van der Waals surface area contributed by atoms with Crippen molar-refractivity contribution in [2.45, 2.75) is 58.7 Å². The zero-order valence-corrected chi connectivity index (χ0v) is 12.7. The zero-order chi connectivity index (χ0) is 14.4. The Labute approximate surface area is 111 Å². The van der Waals surface area contributed by atoms with E-state index in [4.69, 9.17) is 9.47 Å². The first-order valence-corrected chi connectivity index (χ1v) is 6.57. The number of aliphatic hydroxyl groups excluding tert-OH is 2. The molecule has 0 rings (SSSR count). The molecular weight excluding hydrogens is 232 g/mol. The number of hydrogen-bond donors (Lipinski definition) is 2. The largest absolute Gasteiger partial charge is 0.396 e. The molecule has 0 amide bonds. The van der Waals surface area contributed by atoms with Gasteiger partial charge in [-0.25, -0.2) is 0 Å². The molecular formula is C14H30O4. The van der Waals surface area contributed by atoms with E-state index in [9.17, 15) is 10.2 Å². The molecule has 0 aliphatic heterocycles. The van der Waals surface area contributed by atoms with E-state index in [1.54, 1.807) is 7.11 Å². The molecule has 0 spiro atoms. The van der Waals surface area contributed by atoms with Crippen molar-refractivity contribution in [3.63, 3.8) is 0 Å². The number of methoxy groups -OCH3 is 1. The fraction of sp³-hybridized carbons (Fsp3) is 1.00. The molecule has 0 atom stereocenters. The molecule has 0 heterocycles. The Kier molecular flexibility index (Phi) is 6.79. The Morgan fingerprint density at radius 1 is 0.944 bits per heavy atom. The topological polar surface area (TPSA) is 58.9 Å². The van der Waals surface area contributed by atoms with Crippen LogP contribution in [0.3, 0.4) is 0 Å². The van der Waals surface area contributed by atoms with Crippen molar-refractivity contribution in [2.24, 2.45) is 5.41 Å². The molecule has 0 saturated heterocycles. The second kappa shape index (κ2) is 6.85. The van der Waals surface area contributed by atoms with Crippen LogP contribution in [0.5, 0.6) is 0 Å². The van der Waals surface area contributed by atoms with E-state index >= 15 is 0 Å². The molecule has 0 bridgehead atoms. The number of ether oxygens (including phenoxy) is 2. The molecule has 0 fully saturated rings. The van der Waals surface area contributed by atoms with Crippen LogP contribution in [-0.4, -0.2) is 48.3 Å². The minimum atomic E-state index is -0.472. The maximum Gasteiger partial charge on any atom is 0.0855 e. The predicted octanol–water partition coefficient (Wildman–Crippen LogP) is 1.98. The second-order valence-corrected chi connectivity index (χ2v) is 6.36. The fourth-order valence-electron chi connectivity index (χ4n) is 1.89. The van der Waals surface area contributed by atoms with Gasteiger partial charge in [0.25, 0.3) is 0 Å². The van der Waals surface area contributed by atoms with Crippen LogP contribution in [0.2, 0.25) is 0 Å². The average molecular weight is 262 g/mol. The highest BCUT2D eigenvalue weighted by molar-refractivity contribution is 4.85. The lowest BCUT2D eigenvalue weighted by Gasteiger charge is -2.38. The Morgan fingerprint density at radius 2 is 1.44 bits per heavy atom. The normalized spacial score (nSPS) is 14.0. The quantitative estimate of drug-likeness (QED) is 0.667. The summed E-state index contributed by atoms with van der Waals surface area (Å²) < 4.78 is 11.2. The molecule has 0 aliphatic carbocycles. The minimum absolute atomic E-state index is 0.0273. The van der Waals surface area contributed by atoms with E-state index in [0.29, 0.717) is 13.0 Å². The summed E-state index contributed by atoms with van der Waals surface area (Å²) in [5.41, 5.74) is -1.21. The number of hydrogen-bond acceptors (Lipinski definition) is 4. The lowest BCUT2D eigenvalue weighted by Crippen LogP contribution is -2.42. The first-order chi connectivity index (χ1) is 8.16. The van der Waals surface area contributed by atoms with Crippen molar-refractivity contribution in [1.29, 1.82) is 0 Å². The number of rotatable bonds is 9. The van der Waals surface area contributed by atoms with E-state index < -0.39 is 11.0 Å². The van der Waals surface area contributed by atoms with Crippen LogP contribution in [0.15, 0.2) is 0 Å². The standard InChI is InChI=1S/C14H30O4/c1-7-14(9-15,10-16)8-12(2,3)18-11-13(4,5)17-6/h15-16H,7-11H2,1-6H3. The van der Waals surface area contributed by atoms with Crippen molar-refractivity contribution >= 4 is 0 Å². The van der Waals surface area contributed by atoms with Gasteiger partial charge in [0.1, 0.15) is 0 Å². The van der Waals surface area contributed by atoms with Gasteiger partial charge >= 0.3 is 0 Å². The molecule has 4 heteroatoms. The molecule has 0 aliphatic rings. The first-order valence-electron chi connectivity index (χ1n) is 6.57. The third kappa shape index (κ3) is 5.65. The van der Waals surface area contributed by atoms with Crippen LogP contribution >= 0.6 is 0 Å². The molecule has 110 valence electrons. The van der Waals surface area contributed by atoms with Crippen molar-refractivity contribution in [3.05, 3.63) is 0 Å². The lowest BCUT2D eigenvalue weighted by molar-refractivity contribution is -0.128. The molecule has 0 radical (unpaired) electrons. The maximum absolute atomic E-state index is 9.47. The molecule has 0 saturated carbocycles. The summed E-state index contributed by atoms with van der Waals surface area (Å²) in [7, 11) is 1.66. The maximum atomic E-state index is 9.47. The SMILES string of the molecule is CCC(CO)(CO)CC(C)(C)OCC(C)(C)OC. The monoisotopic (exact) mass is 262 g/mol. The van der Waals surface area contributed by atoms with Crippen molar-refractivity contribution in [1.82, 2.24) is 0 Å². The van der Waals surface area contributed by atoms with Gasteiger partial charge in [0, 0.05) is 12.5 Å². The van der Waals surface area contributed by atoms with Gasteiger partial charge in [0.2, 0.25) is 0 Å². The van der Waals surface area contributed by atoms with Gasteiger partial charge in [-0.15, -0.1) is 0 Å². The van der Waals surface area contributed by atoms with E-state index in [-0.39, 0.29) is 18.8 Å². The highest BCUT2D eigenvalue weighted by Gasteiger charge is 2.36. The predicted molar refractivity (Wildman–Crippen MR) is 72.6 cm³/mol. The second-order valence-electron chi connectivity index (χ2n) is 6.36. The Balaban J connectivity index is 4.54. The summed E-state index contributed by atoms with van der Waals surface area (Å²) in [6.45, 7) is 10.3. The molecule has 18 heavy (non-hydrogen) atoms. The summed E-state index contributed by atoms with van der Waals surface area (Å²) >= 11 is 0. The van der Waals surface area contributed by atoms with Gasteiger partial charge in [-0.1, -0.05) is 6.92 Å². The van der Waals surface area contributed by atoms with Crippen LogP contribution in [0.25, 0.3) is 0 Å². The van der Waals surface area contributed by atoms with Gasteiger partial charge in [-0.3, -0.25) is 0 Å². The molecule has 0 aromatic carbocycles. The summed E-state index contributed by atoms with van der Waals surface area (Å²) in [5, 5.41) is 18.9. The van der Waals surface area contributed by atoms with Crippen LogP contribution in [0, 0.1) is 5.41 Å². The van der Waals surface area contributed by atoms with Crippen LogP contribution in [0.4, 0.5) is 0 Å². The molecule has 0 aromatic rings. The van der Waals surface area contributed by atoms with Crippen molar-refractivity contribution in [3.8, 4) is 0 Å². The highest BCUT2D eigenvalue weighted by Crippen LogP contribution is 2.33. The summed E-state index contributed by atoms with van der Waals surface area (Å²) in [5.74, 6) is 0. The Morgan fingerprint density at radius 3 is 1.78 bits per heavy atom. The summed E-state index contributed by atoms with van der Waals surface area (Å²) in [6, 6.07) is 0. The zero-order valence-electron chi connectivity index (χ0n) is 12.7. The van der Waals surface area contributed by atoms with Gasteiger partial charge in [0.15, 0.2) is 0 Å². The highest BCUT2D eigenvalue weighted by atomic mass is 16.5. The minimum Gasteiger partial charge on any atom is -0.396 e. The van der Waals surface area contributed by atoms with Crippen molar-refractivity contribution in [2.75, 3.05) is 26.9 Å². The van der Waals surface area contributed by atoms with E-state index in [1.807, 2.05) is 34.6 Å². The first kappa shape index (κ1) is 17.8. The van der Waals surface area contributed by atoms with Crippen LogP contribution in [0.1, 0.15) is 47.5 Å². The van der Waals surface area contributed by atoms with E-state index in [2.05, 4.69) is 0 Å². The fourth-order valence-corrected chi connectivity index (χ4v) is 1.89. The number of aliphatic hydroxyl groups is 2. The molecule has 2 N–H and O–H groups in total. The molecule has 0 unspecified atom stereocenters. The van der Waals surface area contributed by atoms with Gasteiger partial charge in [-0.2, -0.15) is 0 Å². The van der Waals surface area contributed by atoms with Crippen LogP contribution < -0.4 is 0 Å². The Bertz CT molecular complexity index is 224. The summed E-state index contributed by atoms with van der Waals surface area (Å²) in [4.78, 5) is 0. The Hall–Kier alpha value is -0.160. The summed E-state index contributed by atoms with van der Waals surface area (Å²) in [6.07, 6.45) is 1.34. The van der Waals surface area contributed by atoms with Gasteiger partial charge in [-0.05, 0) is 40.5 Å². The lowest BCUT2D eigenvalue weighted by atomic mass is 9.77. The van der Waals surface area contributed by atoms with E-state index in [1.165, 1.54) is 0 Å². The van der Waals surface area contributed by atoms with Gasteiger partial charge < -0.3 is 19.7 Å². The molecule has 0 aromatic heterocycles. The third-order valence-corrected chi connectivity index (χ3v) is 3.58. The molecule has 4 nitrogen and oxygen atoms in total.